The fraction of sp³-hybridized carbons (Fsp3) is 0.545. The number of hydrogen-bond acceptors (Lipinski definition) is 5. The van der Waals surface area contributed by atoms with Gasteiger partial charge in [-0.25, -0.2) is 9.97 Å². The summed E-state index contributed by atoms with van der Waals surface area (Å²) in [7, 11) is -1.03. The van der Waals surface area contributed by atoms with Gasteiger partial charge in [-0.15, -0.1) is 0 Å². The lowest BCUT2D eigenvalue weighted by molar-refractivity contribution is 0.224. The monoisotopic (exact) mass is 431 g/mol. The van der Waals surface area contributed by atoms with Gasteiger partial charge in [0.05, 0.1) is 21.4 Å². The molecule has 1 saturated carbocycles. The number of aliphatic hydroxyl groups excluding tert-OH is 1. The lowest BCUT2D eigenvalue weighted by atomic mass is 9.84. The fourth-order valence-electron chi connectivity index (χ4n) is 5.34. The molecule has 3 atom stereocenters. The number of anilines is 1. The summed E-state index contributed by atoms with van der Waals surface area (Å²) in [5, 5.41) is 10.4. The van der Waals surface area contributed by atoms with Crippen molar-refractivity contribution >= 4 is 28.3 Å². The van der Waals surface area contributed by atoms with Crippen LogP contribution in [0, 0.1) is 5.92 Å². The summed E-state index contributed by atoms with van der Waals surface area (Å²) in [4.78, 5) is 12.6. The highest BCUT2D eigenvalue weighted by Crippen LogP contribution is 2.50. The predicted octanol–water partition coefficient (Wildman–Crippen LogP) is 3.67. The third-order valence-electron chi connectivity index (χ3n) is 6.99. The van der Waals surface area contributed by atoms with E-state index in [1.165, 1.54) is 5.56 Å². The molecule has 2 aromatic rings. The molecule has 5 nitrogen and oxygen atoms in total. The van der Waals surface area contributed by atoms with Gasteiger partial charge in [0.25, 0.3) is 0 Å². The van der Waals surface area contributed by atoms with Crippen molar-refractivity contribution in [3.8, 4) is 0 Å². The summed E-state index contributed by atoms with van der Waals surface area (Å²) in [5.41, 5.74) is 2.20. The largest absolute Gasteiger partial charge is 0.396 e. The van der Waals surface area contributed by atoms with E-state index in [0.29, 0.717) is 17.6 Å². The van der Waals surface area contributed by atoms with Crippen molar-refractivity contribution in [1.82, 2.24) is 9.97 Å². The Morgan fingerprint density at radius 1 is 1.21 bits per heavy atom. The zero-order chi connectivity index (χ0) is 20.0. The van der Waals surface area contributed by atoms with Crippen molar-refractivity contribution in [3.05, 3.63) is 46.7 Å². The average Bonchev–Trinajstić information content (AvgIpc) is 3.29. The molecule has 1 spiro atoms. The molecule has 154 valence electrons. The van der Waals surface area contributed by atoms with Crippen molar-refractivity contribution < 1.29 is 9.32 Å². The summed E-state index contributed by atoms with van der Waals surface area (Å²) in [6, 6.07) is 8.19. The molecule has 0 amide bonds. The van der Waals surface area contributed by atoms with Crippen molar-refractivity contribution in [3.63, 3.8) is 0 Å². The Labute approximate surface area is 179 Å². The Morgan fingerprint density at radius 3 is 2.66 bits per heavy atom. The van der Waals surface area contributed by atoms with Crippen LogP contribution in [0.4, 0.5) is 5.95 Å². The normalized spacial score (nSPS) is 29.5. The third-order valence-corrected chi connectivity index (χ3v) is 8.84. The minimum atomic E-state index is -1.03. The molecule has 3 heterocycles. The quantitative estimate of drug-likeness (QED) is 0.803. The van der Waals surface area contributed by atoms with Crippen LogP contribution in [0.1, 0.15) is 49.3 Å². The Balaban J connectivity index is 1.34. The van der Waals surface area contributed by atoms with Gasteiger partial charge in [0, 0.05) is 42.1 Å². The van der Waals surface area contributed by atoms with E-state index >= 15 is 0 Å². The van der Waals surface area contributed by atoms with Crippen LogP contribution in [0.2, 0.25) is 5.02 Å². The zero-order valence-corrected chi connectivity index (χ0v) is 18.0. The number of fused-ring (bicyclic) bond motifs is 2. The number of nitrogens with zero attached hydrogens (tertiary/aromatic N) is 3. The first kappa shape index (κ1) is 19.5. The highest BCUT2D eigenvalue weighted by atomic mass is 35.5. The lowest BCUT2D eigenvalue weighted by Gasteiger charge is -2.33. The zero-order valence-electron chi connectivity index (χ0n) is 16.4. The predicted molar refractivity (Wildman–Crippen MR) is 115 cm³/mol. The maximum atomic E-state index is 12.7. The van der Waals surface area contributed by atoms with Gasteiger partial charge in [0.2, 0.25) is 5.95 Å². The molecule has 0 radical (unpaired) electrons. The number of aromatic nitrogens is 2. The molecule has 1 aliphatic carbocycles. The number of benzene rings is 1. The van der Waals surface area contributed by atoms with Crippen LogP contribution in [-0.4, -0.2) is 44.7 Å². The average molecular weight is 432 g/mol. The van der Waals surface area contributed by atoms with Crippen LogP contribution in [0.15, 0.2) is 35.4 Å². The molecule has 3 aliphatic rings. The Hall–Kier alpha value is -1.50. The molecular weight excluding hydrogens is 406 g/mol. The number of aliphatic hydroxyl groups is 1. The second-order valence-electron chi connectivity index (χ2n) is 8.76. The van der Waals surface area contributed by atoms with Gasteiger partial charge in [-0.1, -0.05) is 23.7 Å². The standard InChI is InChI=1S/C22H26ClN3O2S/c23-18-3-1-16(2-4-18)17-6-9-26(10-7-17)21-24-12-19-20(25-21)22(14-29(19)28)8-5-15(11-22)13-27/h1-4,12,15,17,27H,5-11,13-14H2/t15?,22?,29-/m1/s1. The smallest absolute Gasteiger partial charge is 0.225 e. The summed E-state index contributed by atoms with van der Waals surface area (Å²) in [5.74, 6) is 2.24. The van der Waals surface area contributed by atoms with Crippen LogP contribution in [-0.2, 0) is 16.2 Å². The van der Waals surface area contributed by atoms with Crippen molar-refractivity contribution in [2.24, 2.45) is 5.92 Å². The van der Waals surface area contributed by atoms with E-state index in [2.05, 4.69) is 22.0 Å². The summed E-state index contributed by atoms with van der Waals surface area (Å²) in [6.07, 6.45) is 6.75. The van der Waals surface area contributed by atoms with E-state index < -0.39 is 10.8 Å². The second-order valence-corrected chi connectivity index (χ2v) is 10.6. The first-order valence-corrected chi connectivity index (χ1v) is 12.1. The molecule has 0 bridgehead atoms. The third kappa shape index (κ3) is 3.49. The maximum Gasteiger partial charge on any atom is 0.225 e. The first-order valence-electron chi connectivity index (χ1n) is 10.5. The summed E-state index contributed by atoms with van der Waals surface area (Å²) in [6.45, 7) is 2.04. The first-order chi connectivity index (χ1) is 14.1. The van der Waals surface area contributed by atoms with Gasteiger partial charge in [0.15, 0.2) is 0 Å². The summed E-state index contributed by atoms with van der Waals surface area (Å²) >= 11 is 6.02. The highest BCUT2D eigenvalue weighted by molar-refractivity contribution is 7.85. The molecule has 1 N–H and O–H groups in total. The lowest BCUT2D eigenvalue weighted by Crippen LogP contribution is -2.35. The highest BCUT2D eigenvalue weighted by Gasteiger charge is 2.49. The van der Waals surface area contributed by atoms with Gasteiger partial charge >= 0.3 is 0 Å². The van der Waals surface area contributed by atoms with E-state index in [1.54, 1.807) is 6.20 Å². The molecule has 2 fully saturated rings. The Kier molecular flexibility index (Phi) is 5.13. The SMILES string of the molecule is O=[S@@]1CC2(CCC(CO)C2)c2nc(N3CCC(c4ccc(Cl)cc4)CC3)ncc21. The van der Waals surface area contributed by atoms with Crippen molar-refractivity contribution in [1.29, 1.82) is 0 Å². The molecule has 1 aromatic heterocycles. The van der Waals surface area contributed by atoms with E-state index in [1.807, 2.05) is 12.1 Å². The molecule has 2 unspecified atom stereocenters. The van der Waals surface area contributed by atoms with Crippen LogP contribution < -0.4 is 4.90 Å². The molecule has 7 heteroatoms. The van der Waals surface area contributed by atoms with Crippen LogP contribution in [0.25, 0.3) is 0 Å². The Bertz CT molecular complexity index is 930. The fourth-order valence-corrected chi connectivity index (χ4v) is 7.17. The molecule has 1 aromatic carbocycles. The molecule has 2 aliphatic heterocycles. The number of hydrogen-bond donors (Lipinski definition) is 1. The van der Waals surface area contributed by atoms with E-state index in [9.17, 15) is 9.32 Å². The molecule has 5 rings (SSSR count). The van der Waals surface area contributed by atoms with Crippen LogP contribution in [0.3, 0.4) is 0 Å². The maximum absolute atomic E-state index is 12.7. The molecule has 29 heavy (non-hydrogen) atoms. The molecular formula is C22H26ClN3O2S. The van der Waals surface area contributed by atoms with Gasteiger partial charge in [-0.05, 0) is 61.6 Å². The topological polar surface area (TPSA) is 66.3 Å². The van der Waals surface area contributed by atoms with E-state index in [0.717, 1.165) is 66.8 Å². The van der Waals surface area contributed by atoms with Gasteiger partial charge in [-0.3, -0.25) is 4.21 Å². The van der Waals surface area contributed by atoms with Gasteiger partial charge in [0.1, 0.15) is 0 Å². The number of rotatable bonds is 3. The van der Waals surface area contributed by atoms with Crippen molar-refractivity contribution in [2.75, 3.05) is 30.3 Å². The Morgan fingerprint density at radius 2 is 1.97 bits per heavy atom. The van der Waals surface area contributed by atoms with Gasteiger partial charge < -0.3 is 10.0 Å². The number of piperidine rings is 1. The van der Waals surface area contributed by atoms with Crippen LogP contribution >= 0.6 is 11.6 Å². The number of halogens is 1. The summed E-state index contributed by atoms with van der Waals surface area (Å²) < 4.78 is 12.7. The van der Waals surface area contributed by atoms with E-state index in [-0.39, 0.29) is 12.0 Å². The van der Waals surface area contributed by atoms with Crippen molar-refractivity contribution in [2.45, 2.75) is 48.3 Å². The minimum absolute atomic E-state index is 0.132. The van der Waals surface area contributed by atoms with Gasteiger partial charge in [-0.2, -0.15) is 0 Å². The minimum Gasteiger partial charge on any atom is -0.396 e. The second kappa shape index (κ2) is 7.64. The molecule has 1 saturated heterocycles. The van der Waals surface area contributed by atoms with Crippen LogP contribution in [0.5, 0.6) is 0 Å². The van der Waals surface area contributed by atoms with E-state index in [4.69, 9.17) is 16.6 Å².